The first-order valence-electron chi connectivity index (χ1n) is 10.0. The largest absolute Gasteiger partial charge is 0.472 e. The van der Waals surface area contributed by atoms with Crippen LogP contribution in [-0.2, 0) is 6.61 Å². The van der Waals surface area contributed by atoms with Crippen LogP contribution in [0.1, 0.15) is 20.9 Å². The molecule has 5 aromatic rings. The van der Waals surface area contributed by atoms with Gasteiger partial charge < -0.3 is 16.2 Å². The molecule has 5 N–H and O–H groups in total. The van der Waals surface area contributed by atoms with Gasteiger partial charge in [-0.2, -0.15) is 5.10 Å². The Hall–Kier alpha value is -4.31. The van der Waals surface area contributed by atoms with Crippen molar-refractivity contribution in [3.05, 3.63) is 70.4 Å². The van der Waals surface area contributed by atoms with Gasteiger partial charge in [0.05, 0.1) is 39.2 Å². The Balaban J connectivity index is 1.63. The van der Waals surface area contributed by atoms with Crippen molar-refractivity contribution in [2.45, 2.75) is 13.5 Å². The molecule has 0 radical (unpaired) electrons. The third-order valence-electron chi connectivity index (χ3n) is 5.23. The van der Waals surface area contributed by atoms with E-state index in [0.29, 0.717) is 29.4 Å². The number of nitrogens with one attached hydrogen (secondary N) is 1. The lowest BCUT2D eigenvalue weighted by Crippen LogP contribution is -2.17. The number of pyridine rings is 2. The van der Waals surface area contributed by atoms with Gasteiger partial charge in [-0.15, -0.1) is 11.3 Å². The number of hydrogen-bond donors (Lipinski definition) is 3. The second-order valence-corrected chi connectivity index (χ2v) is 8.36. The number of carbonyl (C=O) groups is 1. The summed E-state index contributed by atoms with van der Waals surface area (Å²) in [5.41, 5.74) is 18.2. The van der Waals surface area contributed by atoms with Gasteiger partial charge in [0.2, 0.25) is 5.88 Å². The van der Waals surface area contributed by atoms with Crippen molar-refractivity contribution < 1.29 is 9.53 Å². The number of primary amides is 1. The molecule has 9 nitrogen and oxygen atoms in total. The molecule has 10 heteroatoms. The molecule has 0 saturated heterocycles. The highest BCUT2D eigenvalue weighted by Gasteiger charge is 2.20. The predicted molar refractivity (Wildman–Crippen MR) is 127 cm³/mol. The maximum atomic E-state index is 12.2. The van der Waals surface area contributed by atoms with Gasteiger partial charge >= 0.3 is 0 Å². The molecule has 1 aromatic carbocycles. The molecule has 164 valence electrons. The number of ether oxygens (including phenoxy) is 1. The highest BCUT2D eigenvalue weighted by Crippen LogP contribution is 2.37. The van der Waals surface area contributed by atoms with E-state index in [1.54, 1.807) is 30.0 Å². The Morgan fingerprint density at radius 1 is 1.15 bits per heavy atom. The van der Waals surface area contributed by atoms with Crippen LogP contribution in [0.25, 0.3) is 33.4 Å². The molecular weight excluding hydrogens is 438 g/mol. The normalized spacial score (nSPS) is 11.1. The summed E-state index contributed by atoms with van der Waals surface area (Å²) in [6, 6.07) is 11.1. The summed E-state index contributed by atoms with van der Waals surface area (Å²) in [7, 11) is 0. The van der Waals surface area contributed by atoms with Gasteiger partial charge in [0.15, 0.2) is 5.69 Å². The zero-order valence-electron chi connectivity index (χ0n) is 17.6. The molecule has 0 saturated carbocycles. The molecule has 4 aromatic heterocycles. The molecule has 1 amide bonds. The van der Waals surface area contributed by atoms with Gasteiger partial charge in [0.25, 0.3) is 5.91 Å². The van der Waals surface area contributed by atoms with Crippen molar-refractivity contribution in [3.8, 4) is 28.4 Å². The summed E-state index contributed by atoms with van der Waals surface area (Å²) < 4.78 is 5.80. The van der Waals surface area contributed by atoms with Crippen LogP contribution in [0, 0.1) is 6.92 Å². The number of aryl methyl sites for hydroxylation is 1. The van der Waals surface area contributed by atoms with E-state index in [1.807, 2.05) is 31.2 Å². The fourth-order valence-corrected chi connectivity index (χ4v) is 4.17. The average molecular weight is 458 g/mol. The third-order valence-corrected chi connectivity index (χ3v) is 5.98. The maximum Gasteiger partial charge on any atom is 0.269 e. The molecular formula is C23H19N7O2S. The highest BCUT2D eigenvalue weighted by molar-refractivity contribution is 7.09. The Morgan fingerprint density at radius 3 is 2.82 bits per heavy atom. The number of benzene rings is 1. The number of carbonyl (C=O) groups excluding carboxylic acids is 1. The van der Waals surface area contributed by atoms with Gasteiger partial charge in [-0.1, -0.05) is 12.1 Å². The van der Waals surface area contributed by atoms with E-state index in [9.17, 15) is 4.79 Å². The number of nitrogen functional groups attached to an aromatic ring is 1. The molecule has 0 aliphatic rings. The number of nitrogens with zero attached hydrogens (tertiary/aromatic N) is 4. The van der Waals surface area contributed by atoms with E-state index in [-0.39, 0.29) is 11.4 Å². The molecule has 0 fully saturated rings. The lowest BCUT2D eigenvalue weighted by molar-refractivity contribution is 0.0996. The van der Waals surface area contributed by atoms with Crippen LogP contribution in [0.15, 0.2) is 54.3 Å². The number of H-pyrrole nitrogens is 1. The number of amides is 1. The minimum absolute atomic E-state index is 0.0137. The molecule has 0 spiro atoms. The molecule has 0 bridgehead atoms. The van der Waals surface area contributed by atoms with Crippen LogP contribution in [0.2, 0.25) is 0 Å². The molecule has 4 heterocycles. The van der Waals surface area contributed by atoms with Gasteiger partial charge in [-0.25, -0.2) is 9.97 Å². The minimum Gasteiger partial charge on any atom is -0.472 e. The van der Waals surface area contributed by atoms with Crippen molar-refractivity contribution in [1.29, 1.82) is 0 Å². The fourth-order valence-electron chi connectivity index (χ4n) is 3.66. The first-order chi connectivity index (χ1) is 16.0. The molecule has 0 atom stereocenters. The first-order valence-corrected chi connectivity index (χ1v) is 10.9. The second kappa shape index (κ2) is 8.32. The van der Waals surface area contributed by atoms with Gasteiger partial charge in [0, 0.05) is 23.2 Å². The Bertz CT molecular complexity index is 1480. The maximum absolute atomic E-state index is 12.2. The summed E-state index contributed by atoms with van der Waals surface area (Å²) in [6.45, 7) is 2.33. The first kappa shape index (κ1) is 20.6. The Morgan fingerprint density at radius 2 is 2.03 bits per heavy atom. The zero-order chi connectivity index (χ0) is 22.9. The van der Waals surface area contributed by atoms with Crippen LogP contribution in [0.3, 0.4) is 0 Å². The summed E-state index contributed by atoms with van der Waals surface area (Å²) in [6.07, 6.45) is 3.48. The molecule has 5 rings (SSSR count). The standard InChI is InChI=1S/C23H19N7O2S/c1-12-5-6-16-15(9-27-30-16)20(12)14-7-18(29-22(21(14)24)23(25)31)17-3-2-4-19(28-17)32-10-13-8-26-11-33-13/h2-9,11H,10,24H2,1H3,(H2,25,31)(H,27,30). The predicted octanol–water partition coefficient (Wildman–Crippen LogP) is 3.71. The van der Waals surface area contributed by atoms with Crippen LogP contribution in [0.4, 0.5) is 5.69 Å². The van der Waals surface area contributed by atoms with E-state index in [4.69, 9.17) is 16.2 Å². The average Bonchev–Trinajstić information content (AvgIpc) is 3.50. The summed E-state index contributed by atoms with van der Waals surface area (Å²) >= 11 is 1.50. The highest BCUT2D eigenvalue weighted by atomic mass is 32.1. The van der Waals surface area contributed by atoms with Crippen molar-refractivity contribution in [2.24, 2.45) is 5.73 Å². The molecule has 33 heavy (non-hydrogen) atoms. The van der Waals surface area contributed by atoms with Crippen molar-refractivity contribution in [3.63, 3.8) is 0 Å². The van der Waals surface area contributed by atoms with Crippen molar-refractivity contribution >= 4 is 33.8 Å². The number of anilines is 1. The number of aromatic amines is 1. The topological polar surface area (TPSA) is 146 Å². The molecule has 0 unspecified atom stereocenters. The van der Waals surface area contributed by atoms with Gasteiger partial charge in [0.1, 0.15) is 6.61 Å². The minimum atomic E-state index is -0.717. The Kier molecular flexibility index (Phi) is 5.19. The van der Waals surface area contributed by atoms with E-state index < -0.39 is 5.91 Å². The fraction of sp³-hybridized carbons (Fsp3) is 0.0870. The van der Waals surface area contributed by atoms with Crippen LogP contribution >= 0.6 is 11.3 Å². The van der Waals surface area contributed by atoms with Crippen LogP contribution in [-0.4, -0.2) is 31.1 Å². The van der Waals surface area contributed by atoms with Crippen LogP contribution < -0.4 is 16.2 Å². The number of rotatable bonds is 6. The van der Waals surface area contributed by atoms with E-state index in [0.717, 1.165) is 26.9 Å². The quantitative estimate of drug-likeness (QED) is 0.352. The van der Waals surface area contributed by atoms with Gasteiger partial charge in [-0.05, 0) is 36.2 Å². The number of aromatic nitrogens is 5. The second-order valence-electron chi connectivity index (χ2n) is 7.39. The number of nitrogens with two attached hydrogens (primary N) is 2. The lowest BCUT2D eigenvalue weighted by atomic mass is 9.94. The van der Waals surface area contributed by atoms with Crippen molar-refractivity contribution in [1.82, 2.24) is 25.1 Å². The monoisotopic (exact) mass is 457 g/mol. The lowest BCUT2D eigenvalue weighted by Gasteiger charge is -2.15. The van der Waals surface area contributed by atoms with E-state index >= 15 is 0 Å². The van der Waals surface area contributed by atoms with Crippen molar-refractivity contribution in [2.75, 3.05) is 5.73 Å². The number of fused-ring (bicyclic) bond motifs is 1. The van der Waals surface area contributed by atoms with Gasteiger partial charge in [-0.3, -0.25) is 14.9 Å². The SMILES string of the molecule is Cc1ccc2[nH]ncc2c1-c1cc(-c2cccc(OCc3cncs3)n2)nc(C(N)=O)c1N. The summed E-state index contributed by atoms with van der Waals surface area (Å²) in [5.74, 6) is -0.292. The number of thiazole rings is 1. The summed E-state index contributed by atoms with van der Waals surface area (Å²) in [4.78, 5) is 26.2. The smallest absolute Gasteiger partial charge is 0.269 e. The number of hydrogen-bond acceptors (Lipinski definition) is 8. The summed E-state index contributed by atoms with van der Waals surface area (Å²) in [5, 5.41) is 7.99. The van der Waals surface area contributed by atoms with E-state index in [1.165, 1.54) is 11.3 Å². The molecule has 0 aliphatic heterocycles. The van der Waals surface area contributed by atoms with Crippen LogP contribution in [0.5, 0.6) is 5.88 Å². The van der Waals surface area contributed by atoms with E-state index in [2.05, 4.69) is 25.1 Å². The zero-order valence-corrected chi connectivity index (χ0v) is 18.4. The molecule has 0 aliphatic carbocycles. The third kappa shape index (κ3) is 3.87. The Labute approximate surface area is 192 Å².